The summed E-state index contributed by atoms with van der Waals surface area (Å²) in [5, 5.41) is 18.3. The van der Waals surface area contributed by atoms with Crippen LogP contribution in [0.1, 0.15) is 18.5 Å². The van der Waals surface area contributed by atoms with Crippen LogP contribution in [-0.4, -0.2) is 14.0 Å². The van der Waals surface area contributed by atoms with Crippen LogP contribution in [0, 0.1) is 17.2 Å². The van der Waals surface area contributed by atoms with Gasteiger partial charge >= 0.3 is 0 Å². The molecule has 6 aromatic carbocycles. The molecule has 1 aliphatic carbocycles. The fourth-order valence-corrected chi connectivity index (χ4v) is 9.80. The van der Waals surface area contributed by atoms with E-state index in [2.05, 4.69) is 168 Å². The Kier molecular flexibility index (Phi) is 6.20. The molecule has 0 saturated heterocycles. The molecule has 0 aliphatic heterocycles. The normalized spacial score (nSPS) is 16.0. The summed E-state index contributed by atoms with van der Waals surface area (Å²) in [7, 11) is 0. The molecule has 0 amide bonds. The molecule has 0 saturated carbocycles. The van der Waals surface area contributed by atoms with Crippen molar-refractivity contribution in [2.75, 3.05) is 0 Å². The number of aromatic nitrogens is 3. The third-order valence-corrected chi connectivity index (χ3v) is 12.2. The average molecular weight is 683 g/mol. The first-order valence-corrected chi connectivity index (χ1v) is 18.5. The molecule has 0 spiro atoms. The Balaban J connectivity index is 1.19. The Morgan fingerprint density at radius 3 is 1.96 bits per heavy atom. The van der Waals surface area contributed by atoms with Crippen LogP contribution in [0.25, 0.3) is 91.7 Å². The quantitative estimate of drug-likeness (QED) is 0.174. The van der Waals surface area contributed by atoms with Gasteiger partial charge in [-0.2, -0.15) is 5.26 Å². The molecule has 5 heteroatoms. The van der Waals surface area contributed by atoms with Gasteiger partial charge in [0.15, 0.2) is 0 Å². The fraction of sp³-hybridized carbons (Fsp3) is 0.0638. The Bertz CT molecular complexity index is 3180. The molecule has 2 atom stereocenters. The van der Waals surface area contributed by atoms with E-state index in [-0.39, 0.29) is 6.04 Å². The van der Waals surface area contributed by atoms with E-state index in [1.165, 1.54) is 75.0 Å². The molecule has 4 aromatic heterocycles. The van der Waals surface area contributed by atoms with Gasteiger partial charge in [0, 0.05) is 27.1 Å². The molecule has 10 aromatic rings. The SMILES string of the molecule is CC1C=CC=CC1n1c2cc(C#N)ccc2c2ccc(-c3c4ccccc4c(-c4ccc5nc6c7ccccc7sc6n5c4)c4ccccc34)cc21. The Morgan fingerprint density at radius 1 is 0.635 bits per heavy atom. The van der Waals surface area contributed by atoms with Crippen molar-refractivity contribution in [2.24, 2.45) is 5.92 Å². The number of benzene rings is 6. The third kappa shape index (κ3) is 4.10. The van der Waals surface area contributed by atoms with Crippen LogP contribution in [0.4, 0.5) is 0 Å². The highest BCUT2D eigenvalue weighted by molar-refractivity contribution is 7.25. The summed E-state index contributed by atoms with van der Waals surface area (Å²) in [4.78, 5) is 6.23. The van der Waals surface area contributed by atoms with E-state index in [0.717, 1.165) is 16.7 Å². The van der Waals surface area contributed by atoms with Crippen molar-refractivity contribution >= 4 is 80.8 Å². The molecular formula is C47H30N4S. The van der Waals surface area contributed by atoms with Gasteiger partial charge in [-0.25, -0.2) is 4.98 Å². The van der Waals surface area contributed by atoms with Gasteiger partial charge in [0.25, 0.3) is 0 Å². The van der Waals surface area contributed by atoms with E-state index in [1.807, 2.05) is 6.07 Å². The summed E-state index contributed by atoms with van der Waals surface area (Å²) in [6.45, 7) is 2.27. The molecule has 11 rings (SSSR count). The minimum absolute atomic E-state index is 0.135. The summed E-state index contributed by atoms with van der Waals surface area (Å²) in [6, 6.07) is 46.2. The number of nitriles is 1. The van der Waals surface area contributed by atoms with Crippen LogP contribution < -0.4 is 0 Å². The van der Waals surface area contributed by atoms with Crippen molar-refractivity contribution in [3.63, 3.8) is 0 Å². The maximum atomic E-state index is 9.85. The van der Waals surface area contributed by atoms with Crippen molar-refractivity contribution in [2.45, 2.75) is 13.0 Å². The van der Waals surface area contributed by atoms with Gasteiger partial charge in [-0.05, 0) is 86.1 Å². The van der Waals surface area contributed by atoms with Crippen LogP contribution in [0.3, 0.4) is 0 Å². The number of pyridine rings is 1. The number of nitrogens with zero attached hydrogens (tertiary/aromatic N) is 4. The highest BCUT2D eigenvalue weighted by Gasteiger charge is 2.24. The highest BCUT2D eigenvalue weighted by atomic mass is 32.1. The number of imidazole rings is 1. The van der Waals surface area contributed by atoms with E-state index in [1.54, 1.807) is 11.3 Å². The van der Waals surface area contributed by atoms with Crippen molar-refractivity contribution in [1.82, 2.24) is 14.0 Å². The van der Waals surface area contributed by atoms with Crippen LogP contribution in [-0.2, 0) is 0 Å². The van der Waals surface area contributed by atoms with Crippen molar-refractivity contribution in [1.29, 1.82) is 5.26 Å². The molecule has 52 heavy (non-hydrogen) atoms. The maximum Gasteiger partial charge on any atom is 0.138 e. The summed E-state index contributed by atoms with van der Waals surface area (Å²) < 4.78 is 5.98. The van der Waals surface area contributed by atoms with Crippen molar-refractivity contribution in [3.05, 3.63) is 157 Å². The number of hydrogen-bond acceptors (Lipinski definition) is 3. The van der Waals surface area contributed by atoms with Gasteiger partial charge in [0.05, 0.1) is 28.7 Å². The molecule has 244 valence electrons. The van der Waals surface area contributed by atoms with Gasteiger partial charge in [-0.15, -0.1) is 11.3 Å². The predicted molar refractivity (Wildman–Crippen MR) is 218 cm³/mol. The molecule has 4 heterocycles. The van der Waals surface area contributed by atoms with E-state index in [0.29, 0.717) is 11.5 Å². The molecule has 4 nitrogen and oxygen atoms in total. The Labute approximate surface area is 303 Å². The van der Waals surface area contributed by atoms with Gasteiger partial charge < -0.3 is 4.57 Å². The smallest absolute Gasteiger partial charge is 0.138 e. The van der Waals surface area contributed by atoms with Gasteiger partial charge in [-0.3, -0.25) is 4.40 Å². The van der Waals surface area contributed by atoms with E-state index in [4.69, 9.17) is 4.98 Å². The molecule has 0 radical (unpaired) electrons. The zero-order valence-corrected chi connectivity index (χ0v) is 29.1. The molecule has 0 bridgehead atoms. The monoisotopic (exact) mass is 682 g/mol. The van der Waals surface area contributed by atoms with Gasteiger partial charge in [0.2, 0.25) is 0 Å². The lowest BCUT2D eigenvalue weighted by molar-refractivity contribution is 0.510. The zero-order valence-electron chi connectivity index (χ0n) is 28.3. The van der Waals surface area contributed by atoms with Gasteiger partial charge in [0.1, 0.15) is 16.0 Å². The molecule has 0 fully saturated rings. The lowest BCUT2D eigenvalue weighted by atomic mass is 9.86. The van der Waals surface area contributed by atoms with Crippen LogP contribution in [0.15, 0.2) is 152 Å². The number of fused-ring (bicyclic) bond motifs is 10. The average Bonchev–Trinajstić information content (AvgIpc) is 3.84. The van der Waals surface area contributed by atoms with Crippen LogP contribution in [0.5, 0.6) is 0 Å². The lowest BCUT2D eigenvalue weighted by Gasteiger charge is -2.25. The number of hydrogen-bond donors (Lipinski definition) is 0. The predicted octanol–water partition coefficient (Wildman–Crippen LogP) is 12.6. The number of rotatable bonds is 3. The van der Waals surface area contributed by atoms with E-state index < -0.39 is 0 Å². The molecule has 0 N–H and O–H groups in total. The zero-order chi connectivity index (χ0) is 34.5. The fourth-order valence-electron chi connectivity index (χ4n) is 8.67. The molecule has 2 unspecified atom stereocenters. The second kappa shape index (κ2) is 11.0. The van der Waals surface area contributed by atoms with Crippen LogP contribution >= 0.6 is 11.3 Å². The molecule has 1 aliphatic rings. The van der Waals surface area contributed by atoms with Crippen LogP contribution in [0.2, 0.25) is 0 Å². The minimum atomic E-state index is 0.135. The summed E-state index contributed by atoms with van der Waals surface area (Å²) >= 11 is 1.80. The standard InChI is InChI=1S/C47H30N4S/c1-28-10-2-8-16-39(28)51-40-24-29(26-48)18-21-32(40)33-22-19-30(25-41(33)51)44-34-11-3-5-13-36(34)45(37-14-6-4-12-35(37)44)31-20-23-43-49-46-38-15-7-9-17-42(38)52-47(46)50(43)27-31/h2-25,27-28,39H,1H3. The van der Waals surface area contributed by atoms with E-state index >= 15 is 0 Å². The third-order valence-electron chi connectivity index (χ3n) is 11.0. The first-order chi connectivity index (χ1) is 25.7. The Hall–Kier alpha value is -6.48. The number of thiophene rings is 1. The van der Waals surface area contributed by atoms with Gasteiger partial charge in [-0.1, -0.05) is 116 Å². The second-order valence-electron chi connectivity index (χ2n) is 13.9. The summed E-state index contributed by atoms with van der Waals surface area (Å²) in [5.41, 5.74) is 9.77. The summed E-state index contributed by atoms with van der Waals surface area (Å²) in [5.74, 6) is 0.306. The van der Waals surface area contributed by atoms with Crippen molar-refractivity contribution in [3.8, 4) is 28.3 Å². The largest absolute Gasteiger partial charge is 0.333 e. The first-order valence-electron chi connectivity index (χ1n) is 17.7. The van der Waals surface area contributed by atoms with E-state index in [9.17, 15) is 5.26 Å². The number of allylic oxidation sites excluding steroid dienone is 4. The molecular weight excluding hydrogens is 653 g/mol. The summed E-state index contributed by atoms with van der Waals surface area (Å²) in [6.07, 6.45) is 11.1. The second-order valence-corrected chi connectivity index (χ2v) is 14.9. The topological polar surface area (TPSA) is 46.0 Å². The minimum Gasteiger partial charge on any atom is -0.333 e. The first kappa shape index (κ1) is 29.3. The van der Waals surface area contributed by atoms with Crippen molar-refractivity contribution < 1.29 is 0 Å². The Morgan fingerprint density at radius 2 is 1.25 bits per heavy atom. The highest BCUT2D eigenvalue weighted by Crippen LogP contribution is 2.46. The lowest BCUT2D eigenvalue weighted by Crippen LogP contribution is -2.15. The maximum absolute atomic E-state index is 9.85.